The topological polar surface area (TPSA) is 76.5 Å². The first-order chi connectivity index (χ1) is 13.6. The number of carbonyl (C=O) groups is 2. The quantitative estimate of drug-likeness (QED) is 0.740. The van der Waals surface area contributed by atoms with E-state index in [1.807, 2.05) is 36.2 Å². The predicted molar refractivity (Wildman–Crippen MR) is 106 cm³/mol. The fraction of sp³-hybridized carbons (Fsp3) is 0.476. The van der Waals surface area contributed by atoms with Gasteiger partial charge in [0.25, 0.3) is 11.8 Å². The first kappa shape index (κ1) is 20.1. The molecule has 1 fully saturated rings. The largest absolute Gasteiger partial charge is 0.383 e. The van der Waals surface area contributed by atoms with Gasteiger partial charge in [-0.2, -0.15) is 0 Å². The Morgan fingerprint density at radius 2 is 1.93 bits per heavy atom. The van der Waals surface area contributed by atoms with Crippen LogP contribution < -0.4 is 5.32 Å². The Balaban J connectivity index is 1.47. The molecule has 150 valence electrons. The molecule has 3 rings (SSSR count). The fourth-order valence-electron chi connectivity index (χ4n) is 3.55. The van der Waals surface area contributed by atoms with Gasteiger partial charge in [-0.3, -0.25) is 9.59 Å². The van der Waals surface area contributed by atoms with Gasteiger partial charge in [-0.15, -0.1) is 0 Å². The van der Waals surface area contributed by atoms with E-state index in [0.717, 1.165) is 32.4 Å². The highest BCUT2D eigenvalue weighted by Crippen LogP contribution is 2.23. The number of rotatable bonds is 7. The van der Waals surface area contributed by atoms with Gasteiger partial charge in [-0.05, 0) is 42.9 Å². The molecule has 2 heterocycles. The number of nitrogens with zero attached hydrogens (tertiary/aromatic N) is 3. The van der Waals surface area contributed by atoms with E-state index >= 15 is 0 Å². The second kappa shape index (κ2) is 9.50. The number of ether oxygens (including phenoxy) is 1. The van der Waals surface area contributed by atoms with Gasteiger partial charge in [0.05, 0.1) is 6.61 Å². The summed E-state index contributed by atoms with van der Waals surface area (Å²) in [6, 6.07) is 7.79. The molecular formula is C21H28N4O3. The molecule has 0 unspecified atom stereocenters. The number of hydrogen-bond donors (Lipinski definition) is 1. The molecule has 7 nitrogen and oxygen atoms in total. The SMILES string of the molecule is COCCNC(=O)c1ccc(CC2CCN(C(=O)c3nccn3C)CC2)cc1. The van der Waals surface area contributed by atoms with Crippen molar-refractivity contribution < 1.29 is 14.3 Å². The minimum atomic E-state index is -0.0790. The van der Waals surface area contributed by atoms with Crippen molar-refractivity contribution in [2.75, 3.05) is 33.4 Å². The van der Waals surface area contributed by atoms with Crippen LogP contribution in [0.15, 0.2) is 36.7 Å². The molecule has 2 aromatic rings. The summed E-state index contributed by atoms with van der Waals surface area (Å²) in [7, 11) is 3.45. The lowest BCUT2D eigenvalue weighted by Crippen LogP contribution is -2.39. The third-order valence-corrected chi connectivity index (χ3v) is 5.25. The number of nitrogens with one attached hydrogen (secondary N) is 1. The van der Waals surface area contributed by atoms with Crippen molar-refractivity contribution >= 4 is 11.8 Å². The Bertz CT molecular complexity index is 792. The summed E-state index contributed by atoms with van der Waals surface area (Å²) in [4.78, 5) is 30.6. The van der Waals surface area contributed by atoms with Crippen LogP contribution in [0.1, 0.15) is 39.4 Å². The molecule has 7 heteroatoms. The van der Waals surface area contributed by atoms with Crippen LogP contribution in [0.5, 0.6) is 0 Å². The molecule has 1 saturated heterocycles. The number of piperidine rings is 1. The molecule has 1 N–H and O–H groups in total. The second-order valence-electron chi connectivity index (χ2n) is 7.25. The number of methoxy groups -OCH3 is 1. The van der Waals surface area contributed by atoms with E-state index in [1.165, 1.54) is 5.56 Å². The van der Waals surface area contributed by atoms with Crippen LogP contribution >= 0.6 is 0 Å². The van der Waals surface area contributed by atoms with Crippen molar-refractivity contribution in [3.8, 4) is 0 Å². The summed E-state index contributed by atoms with van der Waals surface area (Å²) in [6.45, 7) is 2.53. The van der Waals surface area contributed by atoms with Crippen LogP contribution in [-0.2, 0) is 18.2 Å². The number of aromatic nitrogens is 2. The van der Waals surface area contributed by atoms with E-state index in [1.54, 1.807) is 24.1 Å². The van der Waals surface area contributed by atoms with Crippen molar-refractivity contribution in [2.24, 2.45) is 13.0 Å². The van der Waals surface area contributed by atoms with Gasteiger partial charge in [-0.25, -0.2) is 4.98 Å². The summed E-state index contributed by atoms with van der Waals surface area (Å²) in [5.74, 6) is 0.976. The number of aryl methyl sites for hydroxylation is 1. The number of likely N-dealkylation sites (tertiary alicyclic amines) is 1. The standard InChI is InChI=1S/C21H28N4O3/c1-24-13-9-22-19(24)21(27)25-11-7-17(8-12-25)15-16-3-5-18(6-4-16)20(26)23-10-14-28-2/h3-6,9,13,17H,7-8,10-12,14-15H2,1-2H3,(H,23,26). The molecule has 0 saturated carbocycles. The number of benzene rings is 1. The number of carbonyl (C=O) groups excluding carboxylic acids is 2. The van der Waals surface area contributed by atoms with E-state index < -0.39 is 0 Å². The van der Waals surface area contributed by atoms with Crippen LogP contribution in [-0.4, -0.2) is 59.6 Å². The lowest BCUT2D eigenvalue weighted by atomic mass is 9.90. The highest BCUT2D eigenvalue weighted by Gasteiger charge is 2.25. The molecule has 0 aliphatic carbocycles. The van der Waals surface area contributed by atoms with Gasteiger partial charge < -0.3 is 19.5 Å². The number of amides is 2. The van der Waals surface area contributed by atoms with Crippen LogP contribution in [0, 0.1) is 5.92 Å². The third kappa shape index (κ3) is 4.98. The zero-order valence-corrected chi connectivity index (χ0v) is 16.6. The average Bonchev–Trinajstić information content (AvgIpc) is 3.14. The highest BCUT2D eigenvalue weighted by atomic mass is 16.5. The van der Waals surface area contributed by atoms with Gasteiger partial charge >= 0.3 is 0 Å². The molecule has 1 aliphatic heterocycles. The van der Waals surface area contributed by atoms with E-state index in [2.05, 4.69) is 10.3 Å². The normalized spacial score (nSPS) is 14.9. The molecule has 1 aliphatic rings. The lowest BCUT2D eigenvalue weighted by Gasteiger charge is -2.31. The molecular weight excluding hydrogens is 356 g/mol. The summed E-state index contributed by atoms with van der Waals surface area (Å²) in [5.41, 5.74) is 1.89. The van der Waals surface area contributed by atoms with E-state index in [9.17, 15) is 9.59 Å². The minimum absolute atomic E-state index is 0.00906. The number of imidazole rings is 1. The van der Waals surface area contributed by atoms with Gasteiger partial charge in [0.1, 0.15) is 0 Å². The highest BCUT2D eigenvalue weighted by molar-refractivity contribution is 5.94. The van der Waals surface area contributed by atoms with Gasteiger partial charge in [0, 0.05) is 51.7 Å². The first-order valence-electron chi connectivity index (χ1n) is 9.71. The Labute approximate surface area is 165 Å². The zero-order chi connectivity index (χ0) is 19.9. The Morgan fingerprint density at radius 1 is 1.21 bits per heavy atom. The van der Waals surface area contributed by atoms with Gasteiger partial charge in [0.15, 0.2) is 5.82 Å². The van der Waals surface area contributed by atoms with Crippen molar-refractivity contribution in [3.63, 3.8) is 0 Å². The average molecular weight is 384 g/mol. The van der Waals surface area contributed by atoms with Crippen molar-refractivity contribution in [1.29, 1.82) is 0 Å². The Kier molecular flexibility index (Phi) is 6.81. The van der Waals surface area contributed by atoms with E-state index in [0.29, 0.717) is 30.5 Å². The molecule has 0 atom stereocenters. The van der Waals surface area contributed by atoms with Crippen LogP contribution in [0.3, 0.4) is 0 Å². The van der Waals surface area contributed by atoms with E-state index in [4.69, 9.17) is 4.74 Å². The summed E-state index contributed by atoms with van der Waals surface area (Å²) in [6.07, 6.45) is 6.38. The molecule has 1 aromatic carbocycles. The minimum Gasteiger partial charge on any atom is -0.383 e. The maximum atomic E-state index is 12.5. The van der Waals surface area contributed by atoms with Crippen LogP contribution in [0.2, 0.25) is 0 Å². The monoisotopic (exact) mass is 384 g/mol. The smallest absolute Gasteiger partial charge is 0.289 e. The first-order valence-corrected chi connectivity index (χ1v) is 9.71. The fourth-order valence-corrected chi connectivity index (χ4v) is 3.55. The van der Waals surface area contributed by atoms with Gasteiger partial charge in [0.2, 0.25) is 0 Å². The zero-order valence-electron chi connectivity index (χ0n) is 16.6. The molecule has 28 heavy (non-hydrogen) atoms. The van der Waals surface area contributed by atoms with Gasteiger partial charge in [-0.1, -0.05) is 12.1 Å². The summed E-state index contributed by atoms with van der Waals surface area (Å²) < 4.78 is 6.70. The third-order valence-electron chi connectivity index (χ3n) is 5.25. The lowest BCUT2D eigenvalue weighted by molar-refractivity contribution is 0.0674. The molecule has 2 amide bonds. The molecule has 0 radical (unpaired) electrons. The Hall–Kier alpha value is -2.67. The van der Waals surface area contributed by atoms with E-state index in [-0.39, 0.29) is 11.8 Å². The molecule has 1 aromatic heterocycles. The summed E-state index contributed by atoms with van der Waals surface area (Å²) >= 11 is 0. The second-order valence-corrected chi connectivity index (χ2v) is 7.25. The van der Waals surface area contributed by atoms with Crippen molar-refractivity contribution in [2.45, 2.75) is 19.3 Å². The van der Waals surface area contributed by atoms with Crippen LogP contribution in [0.4, 0.5) is 0 Å². The predicted octanol–water partition coefficient (Wildman–Crippen LogP) is 1.89. The van der Waals surface area contributed by atoms with Crippen molar-refractivity contribution in [3.05, 3.63) is 53.6 Å². The Morgan fingerprint density at radius 3 is 2.54 bits per heavy atom. The number of hydrogen-bond acceptors (Lipinski definition) is 4. The maximum absolute atomic E-state index is 12.5. The molecule has 0 bridgehead atoms. The molecule has 0 spiro atoms. The maximum Gasteiger partial charge on any atom is 0.289 e. The van der Waals surface area contributed by atoms with Crippen molar-refractivity contribution in [1.82, 2.24) is 19.8 Å². The summed E-state index contributed by atoms with van der Waals surface area (Å²) in [5, 5.41) is 2.82. The van der Waals surface area contributed by atoms with Crippen LogP contribution in [0.25, 0.3) is 0 Å².